The fraction of sp³-hybridized carbons (Fsp3) is 0.360. The van der Waals surface area contributed by atoms with Crippen molar-refractivity contribution in [2.24, 2.45) is 10.9 Å². The maximum atomic E-state index is 13.2. The van der Waals surface area contributed by atoms with Gasteiger partial charge in [0.1, 0.15) is 5.92 Å². The zero-order valence-electron chi connectivity index (χ0n) is 18.7. The average molecular weight is 455 g/mol. The molecule has 0 bridgehead atoms. The van der Waals surface area contributed by atoms with Crippen LogP contribution in [0.25, 0.3) is 0 Å². The first kappa shape index (κ1) is 23.7. The molecule has 0 radical (unpaired) electrons. The molecular formula is C25H27ClN2O4. The topological polar surface area (TPSA) is 77.9 Å². The summed E-state index contributed by atoms with van der Waals surface area (Å²) < 4.78 is 11.1. The first-order valence-electron chi connectivity index (χ1n) is 10.6. The standard InChI is InChI=1S/C25H27ClN2O4/c1-15(2)32-25(30)22-17(4)28-16(3)21(23(22)19-10-5-6-11-20(19)26)24(29)31-14-12-18-9-7-8-13-27-18/h5-11,13,15,22-23H,12,14H2,1-4H3. The molecule has 0 N–H and O–H groups in total. The lowest BCUT2D eigenvalue weighted by Gasteiger charge is -2.32. The van der Waals surface area contributed by atoms with Gasteiger partial charge in [-0.05, 0) is 51.5 Å². The number of halogens is 1. The van der Waals surface area contributed by atoms with Crippen LogP contribution in [0.1, 0.15) is 44.9 Å². The second-order valence-electron chi connectivity index (χ2n) is 7.92. The molecule has 1 aliphatic rings. The maximum absolute atomic E-state index is 13.2. The van der Waals surface area contributed by atoms with E-state index >= 15 is 0 Å². The van der Waals surface area contributed by atoms with Gasteiger partial charge in [0.25, 0.3) is 0 Å². The molecule has 0 aliphatic carbocycles. The van der Waals surface area contributed by atoms with Gasteiger partial charge in [-0.3, -0.25) is 14.8 Å². The minimum Gasteiger partial charge on any atom is -0.462 e. The van der Waals surface area contributed by atoms with Gasteiger partial charge >= 0.3 is 11.9 Å². The summed E-state index contributed by atoms with van der Waals surface area (Å²) in [7, 11) is 0. The van der Waals surface area contributed by atoms with Crippen molar-refractivity contribution in [1.29, 1.82) is 0 Å². The molecule has 168 valence electrons. The number of allylic oxidation sites excluding steroid dienone is 1. The van der Waals surface area contributed by atoms with Crippen LogP contribution in [0, 0.1) is 5.92 Å². The highest BCUT2D eigenvalue weighted by Crippen LogP contribution is 2.42. The fourth-order valence-corrected chi connectivity index (χ4v) is 4.10. The number of carbonyl (C=O) groups excluding carboxylic acids is 2. The molecule has 6 nitrogen and oxygen atoms in total. The molecule has 2 atom stereocenters. The van der Waals surface area contributed by atoms with E-state index in [4.69, 9.17) is 21.1 Å². The smallest absolute Gasteiger partial charge is 0.336 e. The Morgan fingerprint density at radius 3 is 2.47 bits per heavy atom. The molecule has 32 heavy (non-hydrogen) atoms. The highest BCUT2D eigenvalue weighted by atomic mass is 35.5. The van der Waals surface area contributed by atoms with E-state index in [-0.39, 0.29) is 12.7 Å². The van der Waals surface area contributed by atoms with Crippen LogP contribution in [0.5, 0.6) is 0 Å². The Balaban J connectivity index is 1.94. The van der Waals surface area contributed by atoms with Gasteiger partial charge in [-0.15, -0.1) is 0 Å². The predicted molar refractivity (Wildman–Crippen MR) is 124 cm³/mol. The van der Waals surface area contributed by atoms with Gasteiger partial charge in [-0.1, -0.05) is 35.9 Å². The number of aromatic nitrogens is 1. The zero-order chi connectivity index (χ0) is 23.3. The molecular weight excluding hydrogens is 428 g/mol. The number of pyridine rings is 1. The molecule has 0 saturated carbocycles. The van der Waals surface area contributed by atoms with Crippen molar-refractivity contribution in [2.75, 3.05) is 6.61 Å². The van der Waals surface area contributed by atoms with E-state index in [1.807, 2.05) is 30.3 Å². The number of esters is 2. The van der Waals surface area contributed by atoms with E-state index in [0.717, 1.165) is 5.69 Å². The third kappa shape index (κ3) is 5.43. The number of hydrogen-bond acceptors (Lipinski definition) is 6. The van der Waals surface area contributed by atoms with Crippen LogP contribution < -0.4 is 0 Å². The Morgan fingerprint density at radius 2 is 1.81 bits per heavy atom. The molecule has 1 aliphatic heterocycles. The third-order valence-electron chi connectivity index (χ3n) is 5.21. The van der Waals surface area contributed by atoms with Crippen molar-refractivity contribution in [3.8, 4) is 0 Å². The number of aliphatic imine (C=N–C) groups is 1. The van der Waals surface area contributed by atoms with Crippen molar-refractivity contribution < 1.29 is 19.1 Å². The molecule has 1 aromatic heterocycles. The molecule has 3 rings (SSSR count). The van der Waals surface area contributed by atoms with Gasteiger partial charge < -0.3 is 9.47 Å². The predicted octanol–water partition coefficient (Wildman–Crippen LogP) is 4.92. The Hall–Kier alpha value is -2.99. The second kappa shape index (κ2) is 10.6. The minimum absolute atomic E-state index is 0.158. The largest absolute Gasteiger partial charge is 0.462 e. The number of hydrogen-bond donors (Lipinski definition) is 0. The summed E-state index contributed by atoms with van der Waals surface area (Å²) >= 11 is 6.51. The first-order valence-corrected chi connectivity index (χ1v) is 10.9. The van der Waals surface area contributed by atoms with Gasteiger partial charge in [-0.2, -0.15) is 0 Å². The maximum Gasteiger partial charge on any atom is 0.336 e. The minimum atomic E-state index is -0.778. The monoisotopic (exact) mass is 454 g/mol. The molecule has 0 spiro atoms. The molecule has 7 heteroatoms. The van der Waals surface area contributed by atoms with E-state index in [2.05, 4.69) is 9.98 Å². The SMILES string of the molecule is CC1=NC(C)=C(C(=O)OCCc2ccccn2)C(c2ccccc2Cl)C1C(=O)OC(C)C. The van der Waals surface area contributed by atoms with Gasteiger partial charge in [-0.25, -0.2) is 4.79 Å². The third-order valence-corrected chi connectivity index (χ3v) is 5.56. The summed E-state index contributed by atoms with van der Waals surface area (Å²) in [6.07, 6.45) is 1.88. The number of benzene rings is 1. The highest BCUT2D eigenvalue weighted by molar-refractivity contribution is 6.31. The molecule has 0 amide bonds. The fourth-order valence-electron chi connectivity index (χ4n) is 3.85. The summed E-state index contributed by atoms with van der Waals surface area (Å²) in [5.41, 5.74) is 2.87. The summed E-state index contributed by atoms with van der Waals surface area (Å²) in [6.45, 7) is 7.23. The average Bonchev–Trinajstić information content (AvgIpc) is 2.73. The van der Waals surface area contributed by atoms with Crippen molar-refractivity contribution in [2.45, 2.75) is 46.1 Å². The molecule has 2 unspecified atom stereocenters. The summed E-state index contributed by atoms with van der Waals surface area (Å²) in [5, 5.41) is 0.459. The van der Waals surface area contributed by atoms with Crippen molar-refractivity contribution in [1.82, 2.24) is 4.98 Å². The summed E-state index contributed by atoms with van der Waals surface area (Å²) in [4.78, 5) is 35.0. The van der Waals surface area contributed by atoms with Gasteiger partial charge in [0.05, 0.1) is 18.3 Å². The Morgan fingerprint density at radius 1 is 1.09 bits per heavy atom. The van der Waals surface area contributed by atoms with E-state index < -0.39 is 23.8 Å². The molecule has 0 saturated heterocycles. The number of rotatable bonds is 7. The van der Waals surface area contributed by atoms with Crippen LogP contribution in [0.15, 0.2) is 64.9 Å². The van der Waals surface area contributed by atoms with E-state index in [1.165, 1.54) is 0 Å². The normalized spacial score (nSPS) is 18.4. The lowest BCUT2D eigenvalue weighted by atomic mass is 9.75. The molecule has 2 aromatic rings. The van der Waals surface area contributed by atoms with Gasteiger partial charge in [0, 0.05) is 40.7 Å². The van der Waals surface area contributed by atoms with E-state index in [1.54, 1.807) is 46.0 Å². The van der Waals surface area contributed by atoms with Crippen LogP contribution in [0.3, 0.4) is 0 Å². The van der Waals surface area contributed by atoms with Crippen LogP contribution in [-0.4, -0.2) is 35.3 Å². The van der Waals surface area contributed by atoms with Gasteiger partial charge in [0.15, 0.2) is 0 Å². The van der Waals surface area contributed by atoms with Gasteiger partial charge in [0.2, 0.25) is 0 Å². The lowest BCUT2D eigenvalue weighted by Crippen LogP contribution is -2.37. The van der Waals surface area contributed by atoms with E-state index in [0.29, 0.717) is 34.0 Å². The Labute approximate surface area is 193 Å². The number of ether oxygens (including phenoxy) is 2. The second-order valence-corrected chi connectivity index (χ2v) is 8.33. The van der Waals surface area contributed by atoms with Crippen LogP contribution in [0.4, 0.5) is 0 Å². The zero-order valence-corrected chi connectivity index (χ0v) is 19.4. The summed E-state index contributed by atoms with van der Waals surface area (Å²) in [5.74, 6) is -2.41. The highest BCUT2D eigenvalue weighted by Gasteiger charge is 2.43. The van der Waals surface area contributed by atoms with Crippen molar-refractivity contribution in [3.05, 3.63) is 76.2 Å². The first-order chi connectivity index (χ1) is 15.3. The van der Waals surface area contributed by atoms with Crippen LogP contribution in [-0.2, 0) is 25.5 Å². The molecule has 1 aromatic carbocycles. The van der Waals surface area contributed by atoms with Crippen molar-refractivity contribution >= 4 is 29.3 Å². The number of carbonyl (C=O) groups is 2. The summed E-state index contributed by atoms with van der Waals surface area (Å²) in [6, 6.07) is 12.8. The Kier molecular flexibility index (Phi) is 7.80. The lowest BCUT2D eigenvalue weighted by molar-refractivity contribution is -0.150. The number of nitrogens with zero attached hydrogens (tertiary/aromatic N) is 2. The van der Waals surface area contributed by atoms with Crippen molar-refractivity contribution in [3.63, 3.8) is 0 Å². The molecule has 0 fully saturated rings. The quantitative estimate of drug-likeness (QED) is 0.555. The van der Waals surface area contributed by atoms with Crippen LogP contribution in [0.2, 0.25) is 5.02 Å². The van der Waals surface area contributed by atoms with E-state index in [9.17, 15) is 9.59 Å². The Bertz CT molecular complexity index is 1050. The molecule has 2 heterocycles. The van der Waals surface area contributed by atoms with Crippen LogP contribution >= 0.6 is 11.6 Å².